The minimum atomic E-state index is -0.0748. The molecular formula is C11H20N2O2. The SMILES string of the molecule is CC(=O)N1CC(C)OC2(CCNCC2)C1. The predicted molar refractivity (Wildman–Crippen MR) is 57.6 cm³/mol. The highest BCUT2D eigenvalue weighted by molar-refractivity contribution is 5.73. The van der Waals surface area contributed by atoms with E-state index in [1.165, 1.54) is 0 Å². The van der Waals surface area contributed by atoms with Gasteiger partial charge in [-0.1, -0.05) is 0 Å². The second-order valence-corrected chi connectivity index (χ2v) is 4.76. The van der Waals surface area contributed by atoms with Crippen LogP contribution in [0.2, 0.25) is 0 Å². The third kappa shape index (κ3) is 2.32. The Balaban J connectivity index is 2.08. The molecule has 2 saturated heterocycles. The maximum absolute atomic E-state index is 11.4. The zero-order valence-corrected chi connectivity index (χ0v) is 9.58. The molecule has 4 nitrogen and oxygen atoms in total. The first kappa shape index (κ1) is 10.9. The lowest BCUT2D eigenvalue weighted by Gasteiger charge is -2.47. The van der Waals surface area contributed by atoms with Crippen LogP contribution in [0.4, 0.5) is 0 Å². The Bertz CT molecular complexity index is 249. The number of nitrogens with zero attached hydrogens (tertiary/aromatic N) is 1. The second kappa shape index (κ2) is 4.10. The highest BCUT2D eigenvalue weighted by Gasteiger charge is 2.40. The van der Waals surface area contributed by atoms with Crippen molar-refractivity contribution in [3.8, 4) is 0 Å². The molecule has 2 heterocycles. The molecule has 1 N–H and O–H groups in total. The monoisotopic (exact) mass is 212 g/mol. The molecule has 0 bridgehead atoms. The van der Waals surface area contributed by atoms with E-state index in [-0.39, 0.29) is 17.6 Å². The number of nitrogens with one attached hydrogen (secondary N) is 1. The molecule has 2 fully saturated rings. The van der Waals surface area contributed by atoms with Crippen molar-refractivity contribution in [1.29, 1.82) is 0 Å². The molecule has 4 heteroatoms. The quantitative estimate of drug-likeness (QED) is 0.631. The van der Waals surface area contributed by atoms with Gasteiger partial charge in [-0.25, -0.2) is 0 Å². The van der Waals surface area contributed by atoms with Gasteiger partial charge < -0.3 is 15.0 Å². The van der Waals surface area contributed by atoms with E-state index in [0.29, 0.717) is 0 Å². The summed E-state index contributed by atoms with van der Waals surface area (Å²) in [5.41, 5.74) is -0.0748. The van der Waals surface area contributed by atoms with Gasteiger partial charge in [0.2, 0.25) is 5.91 Å². The van der Waals surface area contributed by atoms with Crippen molar-refractivity contribution in [1.82, 2.24) is 10.2 Å². The summed E-state index contributed by atoms with van der Waals surface area (Å²) in [4.78, 5) is 13.4. The van der Waals surface area contributed by atoms with Gasteiger partial charge in [-0.05, 0) is 32.9 Å². The van der Waals surface area contributed by atoms with Crippen molar-refractivity contribution in [2.75, 3.05) is 26.2 Å². The molecule has 2 aliphatic rings. The molecule has 0 aromatic carbocycles. The molecule has 0 aliphatic carbocycles. The number of piperidine rings is 1. The van der Waals surface area contributed by atoms with E-state index in [0.717, 1.165) is 39.0 Å². The van der Waals surface area contributed by atoms with Gasteiger partial charge in [-0.15, -0.1) is 0 Å². The van der Waals surface area contributed by atoms with Crippen molar-refractivity contribution >= 4 is 5.91 Å². The number of hydrogen-bond acceptors (Lipinski definition) is 3. The lowest BCUT2D eigenvalue weighted by Crippen LogP contribution is -2.59. The lowest BCUT2D eigenvalue weighted by atomic mass is 9.89. The highest BCUT2D eigenvalue weighted by atomic mass is 16.5. The molecule has 0 aromatic rings. The van der Waals surface area contributed by atoms with Gasteiger partial charge in [0.05, 0.1) is 11.7 Å². The van der Waals surface area contributed by atoms with Crippen molar-refractivity contribution in [2.45, 2.75) is 38.4 Å². The average Bonchev–Trinajstić information content (AvgIpc) is 2.17. The van der Waals surface area contributed by atoms with E-state index < -0.39 is 0 Å². The predicted octanol–water partition coefficient (Wildman–Crippen LogP) is 0.376. The fourth-order valence-electron chi connectivity index (χ4n) is 2.62. The van der Waals surface area contributed by atoms with Crippen molar-refractivity contribution in [3.05, 3.63) is 0 Å². The largest absolute Gasteiger partial charge is 0.368 e. The Kier molecular flexibility index (Phi) is 2.98. The van der Waals surface area contributed by atoms with Gasteiger partial charge in [-0.3, -0.25) is 4.79 Å². The van der Waals surface area contributed by atoms with E-state index in [1.807, 2.05) is 4.90 Å². The molecule has 86 valence electrons. The normalized spacial score (nSPS) is 30.5. The van der Waals surface area contributed by atoms with Gasteiger partial charge in [0, 0.05) is 20.0 Å². The summed E-state index contributed by atoms with van der Waals surface area (Å²) < 4.78 is 6.06. The summed E-state index contributed by atoms with van der Waals surface area (Å²) in [6.45, 7) is 7.21. The summed E-state index contributed by atoms with van der Waals surface area (Å²) >= 11 is 0. The summed E-state index contributed by atoms with van der Waals surface area (Å²) in [5, 5.41) is 3.33. The topological polar surface area (TPSA) is 41.6 Å². The molecule has 0 radical (unpaired) electrons. The summed E-state index contributed by atoms with van der Waals surface area (Å²) in [7, 11) is 0. The van der Waals surface area contributed by atoms with E-state index in [9.17, 15) is 4.79 Å². The molecule has 0 aromatic heterocycles. The molecular weight excluding hydrogens is 192 g/mol. The minimum absolute atomic E-state index is 0.0748. The van der Waals surface area contributed by atoms with Crippen LogP contribution in [0, 0.1) is 0 Å². The number of morpholine rings is 1. The molecule has 2 aliphatic heterocycles. The Labute approximate surface area is 91.0 Å². The molecule has 0 saturated carbocycles. The molecule has 1 atom stereocenters. The van der Waals surface area contributed by atoms with Crippen LogP contribution >= 0.6 is 0 Å². The second-order valence-electron chi connectivity index (χ2n) is 4.76. The third-order valence-corrected chi connectivity index (χ3v) is 3.37. The number of carbonyl (C=O) groups excluding carboxylic acids is 1. The zero-order valence-electron chi connectivity index (χ0n) is 9.58. The van der Waals surface area contributed by atoms with Crippen LogP contribution in [0.1, 0.15) is 26.7 Å². The number of carbonyl (C=O) groups is 1. The molecule has 1 unspecified atom stereocenters. The molecule has 1 amide bonds. The van der Waals surface area contributed by atoms with E-state index in [2.05, 4.69) is 12.2 Å². The fourth-order valence-corrected chi connectivity index (χ4v) is 2.62. The summed E-state index contributed by atoms with van der Waals surface area (Å²) in [6.07, 6.45) is 2.20. The van der Waals surface area contributed by atoms with E-state index in [4.69, 9.17) is 4.74 Å². The Hall–Kier alpha value is -0.610. The Morgan fingerprint density at radius 3 is 2.73 bits per heavy atom. The average molecular weight is 212 g/mol. The lowest BCUT2D eigenvalue weighted by molar-refractivity contribution is -0.172. The van der Waals surface area contributed by atoms with Crippen LogP contribution in [0.5, 0.6) is 0 Å². The Morgan fingerprint density at radius 1 is 1.47 bits per heavy atom. The van der Waals surface area contributed by atoms with Crippen LogP contribution in [0.25, 0.3) is 0 Å². The van der Waals surface area contributed by atoms with Gasteiger partial charge >= 0.3 is 0 Å². The van der Waals surface area contributed by atoms with Gasteiger partial charge in [0.25, 0.3) is 0 Å². The first-order chi connectivity index (χ1) is 7.11. The number of amides is 1. The van der Waals surface area contributed by atoms with Crippen molar-refractivity contribution < 1.29 is 9.53 Å². The Morgan fingerprint density at radius 2 is 2.13 bits per heavy atom. The fraction of sp³-hybridized carbons (Fsp3) is 0.909. The third-order valence-electron chi connectivity index (χ3n) is 3.37. The molecule has 15 heavy (non-hydrogen) atoms. The first-order valence-electron chi connectivity index (χ1n) is 5.75. The van der Waals surface area contributed by atoms with Crippen LogP contribution < -0.4 is 5.32 Å². The van der Waals surface area contributed by atoms with E-state index >= 15 is 0 Å². The minimum Gasteiger partial charge on any atom is -0.368 e. The van der Waals surface area contributed by atoms with Gasteiger partial charge in [0.1, 0.15) is 0 Å². The standard InChI is InChI=1S/C11H20N2O2/c1-9-7-13(10(2)14)8-11(15-9)3-5-12-6-4-11/h9,12H,3-8H2,1-2H3. The van der Waals surface area contributed by atoms with Crippen LogP contribution in [-0.2, 0) is 9.53 Å². The van der Waals surface area contributed by atoms with Gasteiger partial charge in [0.15, 0.2) is 0 Å². The zero-order chi connectivity index (χ0) is 10.9. The maximum atomic E-state index is 11.4. The number of rotatable bonds is 0. The molecule has 2 rings (SSSR count). The molecule has 1 spiro atoms. The van der Waals surface area contributed by atoms with Gasteiger partial charge in [-0.2, -0.15) is 0 Å². The van der Waals surface area contributed by atoms with Crippen molar-refractivity contribution in [2.24, 2.45) is 0 Å². The first-order valence-corrected chi connectivity index (χ1v) is 5.75. The van der Waals surface area contributed by atoms with Crippen LogP contribution in [0.3, 0.4) is 0 Å². The van der Waals surface area contributed by atoms with Crippen LogP contribution in [-0.4, -0.2) is 48.7 Å². The maximum Gasteiger partial charge on any atom is 0.219 e. The number of ether oxygens (including phenoxy) is 1. The summed E-state index contributed by atoms with van der Waals surface area (Å²) in [5.74, 6) is 0.169. The van der Waals surface area contributed by atoms with Crippen molar-refractivity contribution in [3.63, 3.8) is 0 Å². The highest BCUT2D eigenvalue weighted by Crippen LogP contribution is 2.29. The summed E-state index contributed by atoms with van der Waals surface area (Å²) in [6, 6.07) is 0. The van der Waals surface area contributed by atoms with E-state index in [1.54, 1.807) is 6.92 Å². The van der Waals surface area contributed by atoms with Crippen LogP contribution in [0.15, 0.2) is 0 Å². The smallest absolute Gasteiger partial charge is 0.219 e. The number of hydrogen-bond donors (Lipinski definition) is 1.